The Balaban J connectivity index is 2.80. The zero-order chi connectivity index (χ0) is 12.8. The van der Waals surface area contributed by atoms with E-state index < -0.39 is 0 Å². The number of rotatable bonds is 6. The number of hydrogen-bond acceptors (Lipinski definition) is 2. The SMILES string of the molecule is CNC(Cc1ccccc1OC)C(C)C(C)C. The van der Waals surface area contributed by atoms with Crippen molar-refractivity contribution in [3.05, 3.63) is 29.8 Å². The Labute approximate surface area is 105 Å². The van der Waals surface area contributed by atoms with Crippen LogP contribution in [0.2, 0.25) is 0 Å². The minimum Gasteiger partial charge on any atom is -0.496 e. The molecule has 0 amide bonds. The number of benzene rings is 1. The van der Waals surface area contributed by atoms with Gasteiger partial charge in [-0.05, 0) is 36.9 Å². The number of nitrogens with one attached hydrogen (secondary N) is 1. The van der Waals surface area contributed by atoms with Crippen LogP contribution in [0.15, 0.2) is 24.3 Å². The van der Waals surface area contributed by atoms with E-state index in [1.54, 1.807) is 7.11 Å². The van der Waals surface area contributed by atoms with Crippen molar-refractivity contribution >= 4 is 0 Å². The zero-order valence-electron chi connectivity index (χ0n) is 11.7. The van der Waals surface area contributed by atoms with Crippen molar-refractivity contribution in [3.8, 4) is 5.75 Å². The molecule has 0 spiro atoms. The lowest BCUT2D eigenvalue weighted by atomic mass is 9.86. The second-order valence-corrected chi connectivity index (χ2v) is 5.01. The van der Waals surface area contributed by atoms with E-state index in [-0.39, 0.29) is 0 Å². The van der Waals surface area contributed by atoms with Gasteiger partial charge in [0.2, 0.25) is 0 Å². The molecule has 0 bridgehead atoms. The first-order valence-corrected chi connectivity index (χ1v) is 6.39. The zero-order valence-corrected chi connectivity index (χ0v) is 11.7. The average molecular weight is 235 g/mol. The average Bonchev–Trinajstić information content (AvgIpc) is 2.35. The fraction of sp³-hybridized carbons (Fsp3) is 0.600. The summed E-state index contributed by atoms with van der Waals surface area (Å²) in [5.74, 6) is 2.32. The fourth-order valence-corrected chi connectivity index (χ4v) is 2.12. The molecule has 1 aromatic carbocycles. The predicted molar refractivity (Wildman–Crippen MR) is 73.5 cm³/mol. The first-order chi connectivity index (χ1) is 8.10. The lowest BCUT2D eigenvalue weighted by molar-refractivity contribution is 0.306. The van der Waals surface area contributed by atoms with Gasteiger partial charge in [0.1, 0.15) is 5.75 Å². The summed E-state index contributed by atoms with van der Waals surface area (Å²) in [6.07, 6.45) is 1.01. The molecule has 2 atom stereocenters. The maximum atomic E-state index is 5.40. The molecule has 0 saturated carbocycles. The van der Waals surface area contributed by atoms with Crippen LogP contribution in [0.5, 0.6) is 5.75 Å². The van der Waals surface area contributed by atoms with Crippen molar-refractivity contribution in [1.29, 1.82) is 0 Å². The molecular formula is C15H25NO. The number of ether oxygens (including phenoxy) is 1. The molecular weight excluding hydrogens is 210 g/mol. The van der Waals surface area contributed by atoms with Gasteiger partial charge in [0.05, 0.1) is 7.11 Å². The largest absolute Gasteiger partial charge is 0.496 e. The summed E-state index contributed by atoms with van der Waals surface area (Å²) in [6, 6.07) is 8.76. The summed E-state index contributed by atoms with van der Waals surface area (Å²) >= 11 is 0. The third-order valence-corrected chi connectivity index (χ3v) is 3.69. The van der Waals surface area contributed by atoms with Gasteiger partial charge in [-0.15, -0.1) is 0 Å². The highest BCUT2D eigenvalue weighted by atomic mass is 16.5. The van der Waals surface area contributed by atoms with E-state index in [0.29, 0.717) is 17.9 Å². The highest BCUT2D eigenvalue weighted by Crippen LogP contribution is 2.23. The molecule has 2 unspecified atom stereocenters. The van der Waals surface area contributed by atoms with Crippen LogP contribution in [-0.2, 0) is 6.42 Å². The van der Waals surface area contributed by atoms with Gasteiger partial charge in [0, 0.05) is 6.04 Å². The van der Waals surface area contributed by atoms with E-state index in [2.05, 4.69) is 38.2 Å². The molecule has 1 N–H and O–H groups in total. The lowest BCUT2D eigenvalue weighted by Crippen LogP contribution is -2.36. The number of para-hydroxylation sites is 1. The Morgan fingerprint density at radius 3 is 2.35 bits per heavy atom. The van der Waals surface area contributed by atoms with E-state index in [1.165, 1.54) is 5.56 Å². The van der Waals surface area contributed by atoms with Gasteiger partial charge < -0.3 is 10.1 Å². The van der Waals surface area contributed by atoms with E-state index in [1.807, 2.05) is 19.2 Å². The first-order valence-electron chi connectivity index (χ1n) is 6.39. The summed E-state index contributed by atoms with van der Waals surface area (Å²) in [4.78, 5) is 0. The molecule has 2 nitrogen and oxygen atoms in total. The van der Waals surface area contributed by atoms with Crippen molar-refractivity contribution in [3.63, 3.8) is 0 Å². The van der Waals surface area contributed by atoms with Crippen LogP contribution in [0.25, 0.3) is 0 Å². The van der Waals surface area contributed by atoms with Crippen molar-refractivity contribution in [2.75, 3.05) is 14.2 Å². The summed E-state index contributed by atoms with van der Waals surface area (Å²) in [7, 11) is 3.78. The normalized spacial score (nSPS) is 14.7. The minimum atomic E-state index is 0.492. The number of hydrogen-bond donors (Lipinski definition) is 1. The van der Waals surface area contributed by atoms with E-state index >= 15 is 0 Å². The Morgan fingerprint density at radius 2 is 1.82 bits per heavy atom. The fourth-order valence-electron chi connectivity index (χ4n) is 2.12. The van der Waals surface area contributed by atoms with Gasteiger partial charge in [-0.2, -0.15) is 0 Å². The molecule has 0 radical (unpaired) electrons. The molecule has 2 heteroatoms. The molecule has 0 aliphatic rings. The lowest BCUT2D eigenvalue weighted by Gasteiger charge is -2.27. The van der Waals surface area contributed by atoms with Crippen LogP contribution < -0.4 is 10.1 Å². The van der Waals surface area contributed by atoms with E-state index in [9.17, 15) is 0 Å². The second-order valence-electron chi connectivity index (χ2n) is 5.01. The van der Waals surface area contributed by atoms with Crippen LogP contribution in [0.4, 0.5) is 0 Å². The minimum absolute atomic E-state index is 0.492. The van der Waals surface area contributed by atoms with Crippen molar-refractivity contribution in [1.82, 2.24) is 5.32 Å². The molecule has 0 aromatic heterocycles. The third-order valence-electron chi connectivity index (χ3n) is 3.69. The molecule has 96 valence electrons. The van der Waals surface area contributed by atoms with E-state index in [0.717, 1.165) is 12.2 Å². The third kappa shape index (κ3) is 3.74. The van der Waals surface area contributed by atoms with Gasteiger partial charge in [-0.1, -0.05) is 39.0 Å². The monoisotopic (exact) mass is 235 g/mol. The van der Waals surface area contributed by atoms with Gasteiger partial charge in [-0.25, -0.2) is 0 Å². The summed E-state index contributed by atoms with van der Waals surface area (Å²) in [5, 5.41) is 3.43. The molecule has 0 aliphatic heterocycles. The molecule has 0 aliphatic carbocycles. The van der Waals surface area contributed by atoms with Gasteiger partial charge in [0.25, 0.3) is 0 Å². The smallest absolute Gasteiger partial charge is 0.122 e. The topological polar surface area (TPSA) is 21.3 Å². The quantitative estimate of drug-likeness (QED) is 0.818. The van der Waals surface area contributed by atoms with Crippen molar-refractivity contribution in [2.45, 2.75) is 33.2 Å². The van der Waals surface area contributed by atoms with Crippen LogP contribution >= 0.6 is 0 Å². The number of likely N-dealkylation sites (N-methyl/N-ethyl adjacent to an activating group) is 1. The Hall–Kier alpha value is -1.02. The standard InChI is InChI=1S/C15H25NO/c1-11(2)12(3)14(16-4)10-13-8-6-7-9-15(13)17-5/h6-9,11-12,14,16H,10H2,1-5H3. The maximum absolute atomic E-state index is 5.40. The highest BCUT2D eigenvalue weighted by Gasteiger charge is 2.20. The molecule has 1 rings (SSSR count). The predicted octanol–water partition coefficient (Wildman–Crippen LogP) is 3.12. The van der Waals surface area contributed by atoms with Gasteiger partial charge in [-0.3, -0.25) is 0 Å². The van der Waals surface area contributed by atoms with Crippen LogP contribution in [-0.4, -0.2) is 20.2 Å². The van der Waals surface area contributed by atoms with Crippen LogP contribution in [0.3, 0.4) is 0 Å². The highest BCUT2D eigenvalue weighted by molar-refractivity contribution is 5.33. The van der Waals surface area contributed by atoms with Gasteiger partial charge >= 0.3 is 0 Å². The summed E-state index contributed by atoms with van der Waals surface area (Å²) < 4.78 is 5.40. The Bertz CT molecular complexity index is 335. The van der Waals surface area contributed by atoms with E-state index in [4.69, 9.17) is 4.74 Å². The van der Waals surface area contributed by atoms with Crippen molar-refractivity contribution in [2.24, 2.45) is 11.8 Å². The van der Waals surface area contributed by atoms with Gasteiger partial charge in [0.15, 0.2) is 0 Å². The maximum Gasteiger partial charge on any atom is 0.122 e. The van der Waals surface area contributed by atoms with Crippen LogP contribution in [0, 0.1) is 11.8 Å². The molecule has 1 aromatic rings. The number of methoxy groups -OCH3 is 1. The molecule has 0 heterocycles. The first kappa shape index (κ1) is 14.0. The van der Waals surface area contributed by atoms with Crippen LogP contribution in [0.1, 0.15) is 26.3 Å². The second kappa shape index (κ2) is 6.65. The molecule has 0 saturated heterocycles. The molecule has 0 fully saturated rings. The van der Waals surface area contributed by atoms with Crippen molar-refractivity contribution < 1.29 is 4.74 Å². The summed E-state index contributed by atoms with van der Waals surface area (Å²) in [5.41, 5.74) is 1.28. The Kier molecular flexibility index (Phi) is 5.49. The summed E-state index contributed by atoms with van der Waals surface area (Å²) in [6.45, 7) is 6.86. The molecule has 17 heavy (non-hydrogen) atoms. The Morgan fingerprint density at radius 1 is 1.18 bits per heavy atom.